The molecule has 0 aliphatic rings. The molecule has 0 aliphatic heterocycles. The van der Waals surface area contributed by atoms with Crippen LogP contribution >= 0.6 is 0 Å². The Morgan fingerprint density at radius 2 is 1.70 bits per heavy atom. The van der Waals surface area contributed by atoms with Gasteiger partial charge >= 0.3 is 0 Å². The van der Waals surface area contributed by atoms with Crippen molar-refractivity contribution in [3.05, 3.63) is 54.1 Å². The average molecular weight is 332 g/mol. The summed E-state index contributed by atoms with van der Waals surface area (Å²) in [6.07, 6.45) is 0. The molecule has 0 fully saturated rings. The maximum atomic E-state index is 12.9. The predicted molar refractivity (Wildman–Crippen MR) is 92.1 cm³/mol. The van der Waals surface area contributed by atoms with Crippen LogP contribution in [0.4, 0.5) is 11.4 Å². The Kier molecular flexibility index (Phi) is 5.05. The number of hydrogen-bond acceptors (Lipinski definition) is 3. The number of nitrogens with one attached hydrogen (secondary N) is 1. The van der Waals surface area contributed by atoms with Crippen LogP contribution in [0.25, 0.3) is 0 Å². The van der Waals surface area contributed by atoms with Crippen LogP contribution in [0.1, 0.15) is 19.4 Å². The molecule has 2 rings (SSSR count). The van der Waals surface area contributed by atoms with E-state index in [4.69, 9.17) is 0 Å². The maximum absolute atomic E-state index is 12.9. The van der Waals surface area contributed by atoms with Gasteiger partial charge in [-0.1, -0.05) is 18.2 Å². The highest BCUT2D eigenvalue weighted by atomic mass is 32.2. The minimum atomic E-state index is -3.65. The number of nitrogens with zero attached hydrogens (tertiary/aromatic N) is 1. The first-order valence-corrected chi connectivity index (χ1v) is 8.76. The molecule has 0 unspecified atom stereocenters. The van der Waals surface area contributed by atoms with Gasteiger partial charge in [-0.2, -0.15) is 0 Å². The minimum Gasteiger partial charge on any atom is -0.326 e. The number of aryl methyl sites for hydroxylation is 1. The largest absolute Gasteiger partial charge is 0.326 e. The second-order valence-corrected chi connectivity index (χ2v) is 7.02. The molecule has 6 heteroatoms. The van der Waals surface area contributed by atoms with Crippen molar-refractivity contribution in [2.75, 3.05) is 16.2 Å². The van der Waals surface area contributed by atoms with Gasteiger partial charge < -0.3 is 5.32 Å². The van der Waals surface area contributed by atoms with Crippen LogP contribution in [0.2, 0.25) is 0 Å². The molecule has 23 heavy (non-hydrogen) atoms. The number of carbonyl (C=O) groups excluding carboxylic acids is 1. The third kappa shape index (κ3) is 3.71. The summed E-state index contributed by atoms with van der Waals surface area (Å²) >= 11 is 0. The zero-order chi connectivity index (χ0) is 17.0. The Morgan fingerprint density at radius 3 is 2.22 bits per heavy atom. The van der Waals surface area contributed by atoms with Crippen LogP contribution < -0.4 is 9.62 Å². The number of sulfonamides is 1. The molecular formula is C17H20N2O3S. The first kappa shape index (κ1) is 17.0. The van der Waals surface area contributed by atoms with Crippen molar-refractivity contribution in [1.82, 2.24) is 0 Å². The molecule has 0 bridgehead atoms. The summed E-state index contributed by atoms with van der Waals surface area (Å²) in [6.45, 7) is 5.42. The summed E-state index contributed by atoms with van der Waals surface area (Å²) in [5.41, 5.74) is 2.13. The third-order valence-corrected chi connectivity index (χ3v) is 5.34. The van der Waals surface area contributed by atoms with Crippen molar-refractivity contribution in [3.8, 4) is 0 Å². The van der Waals surface area contributed by atoms with Crippen molar-refractivity contribution >= 4 is 27.3 Å². The van der Waals surface area contributed by atoms with Crippen molar-refractivity contribution in [1.29, 1.82) is 0 Å². The molecule has 0 aromatic heterocycles. The zero-order valence-corrected chi connectivity index (χ0v) is 14.2. The highest BCUT2D eigenvalue weighted by molar-refractivity contribution is 7.92. The zero-order valence-electron chi connectivity index (χ0n) is 13.4. The third-order valence-electron chi connectivity index (χ3n) is 3.43. The van der Waals surface area contributed by atoms with Gasteiger partial charge in [0.15, 0.2) is 0 Å². The lowest BCUT2D eigenvalue weighted by molar-refractivity contribution is -0.114. The summed E-state index contributed by atoms with van der Waals surface area (Å²) in [6, 6.07) is 13.5. The number of hydrogen-bond donors (Lipinski definition) is 1. The predicted octanol–water partition coefficient (Wildman–Crippen LogP) is 3.17. The molecule has 5 nitrogen and oxygen atoms in total. The Hall–Kier alpha value is -2.34. The summed E-state index contributed by atoms with van der Waals surface area (Å²) in [7, 11) is -3.65. The van der Waals surface area contributed by atoms with Gasteiger partial charge in [0.25, 0.3) is 10.0 Å². The van der Waals surface area contributed by atoms with Crippen LogP contribution in [-0.4, -0.2) is 20.9 Å². The highest BCUT2D eigenvalue weighted by Crippen LogP contribution is 2.27. The van der Waals surface area contributed by atoms with Crippen molar-refractivity contribution in [2.24, 2.45) is 0 Å². The normalized spacial score (nSPS) is 11.1. The van der Waals surface area contributed by atoms with E-state index in [1.165, 1.54) is 23.4 Å². The Morgan fingerprint density at radius 1 is 1.09 bits per heavy atom. The Balaban J connectivity index is 2.39. The fraction of sp³-hybridized carbons (Fsp3) is 0.235. The first-order chi connectivity index (χ1) is 10.9. The number of rotatable bonds is 5. The summed E-state index contributed by atoms with van der Waals surface area (Å²) in [5.74, 6) is -0.198. The van der Waals surface area contributed by atoms with Gasteiger partial charge in [-0.3, -0.25) is 9.10 Å². The van der Waals surface area contributed by atoms with E-state index < -0.39 is 10.0 Å². The molecule has 2 aromatic carbocycles. The van der Waals surface area contributed by atoms with Crippen molar-refractivity contribution < 1.29 is 13.2 Å². The molecule has 0 aliphatic carbocycles. The number of para-hydroxylation sites is 1. The molecule has 1 amide bonds. The first-order valence-electron chi connectivity index (χ1n) is 7.32. The Bertz CT molecular complexity index is 799. The van der Waals surface area contributed by atoms with E-state index in [-0.39, 0.29) is 10.8 Å². The molecule has 0 radical (unpaired) electrons. The van der Waals surface area contributed by atoms with Gasteiger partial charge in [-0.15, -0.1) is 0 Å². The fourth-order valence-electron chi connectivity index (χ4n) is 2.35. The lowest BCUT2D eigenvalue weighted by Gasteiger charge is -2.24. The lowest BCUT2D eigenvalue weighted by Crippen LogP contribution is -2.31. The molecule has 0 saturated heterocycles. The van der Waals surface area contributed by atoms with Crippen LogP contribution in [0.5, 0.6) is 0 Å². The van der Waals surface area contributed by atoms with E-state index in [1.807, 2.05) is 25.1 Å². The van der Waals surface area contributed by atoms with E-state index in [1.54, 1.807) is 25.1 Å². The van der Waals surface area contributed by atoms with E-state index in [0.717, 1.165) is 5.56 Å². The maximum Gasteiger partial charge on any atom is 0.264 e. The van der Waals surface area contributed by atoms with Crippen molar-refractivity contribution in [2.45, 2.75) is 25.7 Å². The molecule has 0 heterocycles. The molecule has 0 saturated carbocycles. The quantitative estimate of drug-likeness (QED) is 0.914. The SMILES string of the molecule is CCN(c1ccccc1C)S(=O)(=O)c1ccc(NC(C)=O)cc1. The fourth-order valence-corrected chi connectivity index (χ4v) is 3.89. The molecule has 1 N–H and O–H groups in total. The summed E-state index contributed by atoms with van der Waals surface area (Å²) < 4.78 is 27.2. The van der Waals surface area contributed by atoms with Crippen LogP contribution in [0.15, 0.2) is 53.4 Å². The number of benzene rings is 2. The lowest BCUT2D eigenvalue weighted by atomic mass is 10.2. The second kappa shape index (κ2) is 6.83. The van der Waals surface area contributed by atoms with Crippen molar-refractivity contribution in [3.63, 3.8) is 0 Å². The number of amides is 1. The van der Waals surface area contributed by atoms with Gasteiger partial charge in [0, 0.05) is 19.2 Å². The molecular weight excluding hydrogens is 312 g/mol. The molecule has 0 spiro atoms. The van der Waals surface area contributed by atoms with Gasteiger partial charge in [0.2, 0.25) is 5.91 Å². The number of anilines is 2. The smallest absolute Gasteiger partial charge is 0.264 e. The number of carbonyl (C=O) groups is 1. The van der Waals surface area contributed by atoms with Crippen LogP contribution in [-0.2, 0) is 14.8 Å². The second-order valence-electron chi connectivity index (χ2n) is 5.16. The molecule has 2 aromatic rings. The minimum absolute atomic E-state index is 0.191. The monoisotopic (exact) mass is 332 g/mol. The molecule has 0 atom stereocenters. The van der Waals surface area contributed by atoms with E-state index in [9.17, 15) is 13.2 Å². The highest BCUT2D eigenvalue weighted by Gasteiger charge is 2.24. The van der Waals surface area contributed by atoms with Gasteiger partial charge in [-0.05, 0) is 49.7 Å². The van der Waals surface area contributed by atoms with Gasteiger partial charge in [0.1, 0.15) is 0 Å². The van der Waals surface area contributed by atoms with Gasteiger partial charge in [-0.25, -0.2) is 8.42 Å². The average Bonchev–Trinajstić information content (AvgIpc) is 2.49. The van der Waals surface area contributed by atoms with Crippen LogP contribution in [0.3, 0.4) is 0 Å². The Labute approximate surface area is 137 Å². The molecule has 122 valence electrons. The summed E-state index contributed by atoms with van der Waals surface area (Å²) in [4.78, 5) is 11.2. The summed E-state index contributed by atoms with van der Waals surface area (Å²) in [5, 5.41) is 2.62. The van der Waals surface area contributed by atoms with E-state index in [2.05, 4.69) is 5.32 Å². The van der Waals surface area contributed by atoms with E-state index in [0.29, 0.717) is 17.9 Å². The van der Waals surface area contributed by atoms with Crippen LogP contribution in [0, 0.1) is 6.92 Å². The topological polar surface area (TPSA) is 66.5 Å². The van der Waals surface area contributed by atoms with E-state index >= 15 is 0 Å². The standard InChI is InChI=1S/C17H20N2O3S/c1-4-19(17-8-6-5-7-13(17)2)23(21,22)16-11-9-15(10-12-16)18-14(3)20/h5-12H,4H2,1-3H3,(H,18,20). The van der Waals surface area contributed by atoms with Gasteiger partial charge in [0.05, 0.1) is 10.6 Å².